The minimum atomic E-state index is -0.259. The molecule has 1 heterocycles. The lowest BCUT2D eigenvalue weighted by Gasteiger charge is -2.08. The number of nitrogens with zero attached hydrogens (tertiary/aromatic N) is 1. The van der Waals surface area contributed by atoms with Crippen molar-refractivity contribution in [1.82, 2.24) is 4.98 Å². The van der Waals surface area contributed by atoms with Crippen LogP contribution in [0.15, 0.2) is 87.1 Å². The number of rotatable bonds is 6. The number of hydrogen-bond donors (Lipinski definition) is 1. The fourth-order valence-corrected chi connectivity index (χ4v) is 4.72. The smallest absolute Gasteiger partial charge is 0.264 e. The van der Waals surface area contributed by atoms with Gasteiger partial charge < -0.3 is 4.74 Å². The van der Waals surface area contributed by atoms with Crippen LogP contribution in [0, 0.1) is 0 Å². The lowest BCUT2D eigenvalue weighted by atomic mass is 10.0. The fraction of sp³-hybridized carbons (Fsp3) is 0.0435. The van der Waals surface area contributed by atoms with Crippen LogP contribution in [-0.4, -0.2) is 17.5 Å². The van der Waals surface area contributed by atoms with Crippen molar-refractivity contribution in [2.24, 2.45) is 0 Å². The van der Waals surface area contributed by atoms with E-state index in [0.29, 0.717) is 10.9 Å². The van der Waals surface area contributed by atoms with Gasteiger partial charge in [0.2, 0.25) is 0 Å². The van der Waals surface area contributed by atoms with E-state index in [-0.39, 0.29) is 12.5 Å². The number of carbonyl (C=O) groups excluding carboxylic acids is 1. The number of thiazole rings is 1. The lowest BCUT2D eigenvalue weighted by molar-refractivity contribution is -0.118. The quantitative estimate of drug-likeness (QED) is 0.284. The number of benzene rings is 3. The van der Waals surface area contributed by atoms with Gasteiger partial charge in [0.1, 0.15) is 5.75 Å². The molecule has 0 saturated carbocycles. The largest absolute Gasteiger partial charge is 0.483 e. The summed E-state index contributed by atoms with van der Waals surface area (Å²) in [6.45, 7) is -0.0963. The van der Waals surface area contributed by atoms with Gasteiger partial charge in [0.15, 0.2) is 11.7 Å². The molecule has 0 spiro atoms. The Kier molecular flexibility index (Phi) is 6.62. The molecule has 4 aromatic rings. The van der Waals surface area contributed by atoms with Gasteiger partial charge in [-0.25, -0.2) is 4.98 Å². The van der Waals surface area contributed by atoms with Gasteiger partial charge in [0, 0.05) is 15.4 Å². The summed E-state index contributed by atoms with van der Waals surface area (Å²) in [7, 11) is 0. The second-order valence-corrected chi connectivity index (χ2v) is 9.02. The first-order chi connectivity index (χ1) is 14.6. The monoisotopic (exact) mass is 542 g/mol. The fourth-order valence-electron chi connectivity index (χ4n) is 2.82. The summed E-state index contributed by atoms with van der Waals surface area (Å²) in [5.74, 6) is 0.344. The van der Waals surface area contributed by atoms with E-state index < -0.39 is 0 Å². The van der Waals surface area contributed by atoms with Crippen molar-refractivity contribution in [2.75, 3.05) is 11.9 Å². The second kappa shape index (κ2) is 9.55. The molecule has 7 heteroatoms. The van der Waals surface area contributed by atoms with Crippen molar-refractivity contribution in [2.45, 2.75) is 0 Å². The van der Waals surface area contributed by atoms with Crippen molar-refractivity contribution < 1.29 is 9.53 Å². The number of halogens is 2. The van der Waals surface area contributed by atoms with Crippen LogP contribution in [0.4, 0.5) is 5.13 Å². The summed E-state index contributed by atoms with van der Waals surface area (Å²) in [6.07, 6.45) is 0. The molecule has 0 aliphatic carbocycles. The molecule has 4 rings (SSSR count). The molecular weight excluding hydrogens is 528 g/mol. The van der Waals surface area contributed by atoms with Gasteiger partial charge in [-0.15, -0.1) is 11.3 Å². The molecule has 1 amide bonds. The number of carbonyl (C=O) groups is 1. The highest BCUT2D eigenvalue weighted by molar-refractivity contribution is 9.11. The molecule has 0 fully saturated rings. The molecule has 0 saturated heterocycles. The SMILES string of the molecule is O=C(COc1ccc(Br)cc1Br)Nc1nc(-c2ccc(-c3ccccc3)cc2)cs1. The molecule has 0 unspecified atom stereocenters. The van der Waals surface area contributed by atoms with E-state index in [1.807, 2.05) is 47.8 Å². The van der Waals surface area contributed by atoms with E-state index >= 15 is 0 Å². The van der Waals surface area contributed by atoms with Crippen molar-refractivity contribution in [1.29, 1.82) is 0 Å². The minimum absolute atomic E-state index is 0.0963. The second-order valence-electron chi connectivity index (χ2n) is 6.39. The van der Waals surface area contributed by atoms with Crippen LogP contribution in [-0.2, 0) is 4.79 Å². The number of aromatic nitrogens is 1. The normalized spacial score (nSPS) is 10.6. The van der Waals surface area contributed by atoms with E-state index in [1.165, 1.54) is 16.9 Å². The Labute approximate surface area is 195 Å². The number of anilines is 1. The average Bonchev–Trinajstić information content (AvgIpc) is 3.22. The first kappa shape index (κ1) is 20.8. The van der Waals surface area contributed by atoms with Crippen LogP contribution >= 0.6 is 43.2 Å². The van der Waals surface area contributed by atoms with Crippen LogP contribution in [0.5, 0.6) is 5.75 Å². The van der Waals surface area contributed by atoms with Gasteiger partial charge in [0.05, 0.1) is 10.2 Å². The topological polar surface area (TPSA) is 51.2 Å². The Morgan fingerprint density at radius 3 is 2.37 bits per heavy atom. The van der Waals surface area contributed by atoms with Gasteiger partial charge >= 0.3 is 0 Å². The Morgan fingerprint density at radius 2 is 1.63 bits per heavy atom. The van der Waals surface area contributed by atoms with E-state index in [0.717, 1.165) is 25.8 Å². The molecular formula is C23H16Br2N2O2S. The van der Waals surface area contributed by atoms with Crippen LogP contribution < -0.4 is 10.1 Å². The predicted molar refractivity (Wildman–Crippen MR) is 129 cm³/mol. The summed E-state index contributed by atoms with van der Waals surface area (Å²) in [5.41, 5.74) is 4.15. The summed E-state index contributed by atoms with van der Waals surface area (Å²) in [4.78, 5) is 16.7. The molecule has 150 valence electrons. The minimum Gasteiger partial charge on any atom is -0.483 e. The lowest BCUT2D eigenvalue weighted by Crippen LogP contribution is -2.20. The van der Waals surface area contributed by atoms with Gasteiger partial charge in [-0.3, -0.25) is 10.1 Å². The van der Waals surface area contributed by atoms with Crippen LogP contribution in [0.25, 0.3) is 22.4 Å². The molecule has 3 aromatic carbocycles. The first-order valence-electron chi connectivity index (χ1n) is 9.07. The molecule has 1 N–H and O–H groups in total. The van der Waals surface area contributed by atoms with Crippen molar-refractivity contribution in [3.63, 3.8) is 0 Å². The van der Waals surface area contributed by atoms with Gasteiger partial charge in [0.25, 0.3) is 5.91 Å². The zero-order valence-corrected chi connectivity index (χ0v) is 19.6. The maximum atomic E-state index is 12.2. The first-order valence-corrected chi connectivity index (χ1v) is 11.5. The van der Waals surface area contributed by atoms with E-state index in [2.05, 4.69) is 66.4 Å². The molecule has 30 heavy (non-hydrogen) atoms. The molecule has 0 aliphatic rings. The summed E-state index contributed by atoms with van der Waals surface area (Å²) < 4.78 is 7.28. The highest BCUT2D eigenvalue weighted by Gasteiger charge is 2.10. The van der Waals surface area contributed by atoms with Crippen molar-refractivity contribution >= 4 is 54.2 Å². The average molecular weight is 544 g/mol. The third kappa shape index (κ3) is 5.16. The molecule has 0 atom stereocenters. The zero-order valence-electron chi connectivity index (χ0n) is 15.6. The highest BCUT2D eigenvalue weighted by Crippen LogP contribution is 2.29. The van der Waals surface area contributed by atoms with Gasteiger partial charge in [-0.1, -0.05) is 70.5 Å². The molecule has 0 radical (unpaired) electrons. The Bertz CT molecular complexity index is 1160. The van der Waals surface area contributed by atoms with Crippen molar-refractivity contribution in [3.8, 4) is 28.1 Å². The van der Waals surface area contributed by atoms with E-state index in [9.17, 15) is 4.79 Å². The molecule has 1 aromatic heterocycles. The third-order valence-corrected chi connectivity index (χ3v) is 6.16. The number of ether oxygens (including phenoxy) is 1. The van der Waals surface area contributed by atoms with Gasteiger partial charge in [-0.05, 0) is 45.3 Å². The van der Waals surface area contributed by atoms with Crippen LogP contribution in [0.2, 0.25) is 0 Å². The van der Waals surface area contributed by atoms with E-state index in [1.54, 1.807) is 6.07 Å². The molecule has 0 aliphatic heterocycles. The number of amides is 1. The van der Waals surface area contributed by atoms with E-state index in [4.69, 9.17) is 4.74 Å². The molecule has 4 nitrogen and oxygen atoms in total. The Balaban J connectivity index is 1.37. The molecule has 0 bridgehead atoms. The van der Waals surface area contributed by atoms with Crippen LogP contribution in [0.3, 0.4) is 0 Å². The highest BCUT2D eigenvalue weighted by atomic mass is 79.9. The Hall–Kier alpha value is -2.48. The maximum absolute atomic E-state index is 12.2. The van der Waals surface area contributed by atoms with Crippen LogP contribution in [0.1, 0.15) is 0 Å². The summed E-state index contributed by atoms with van der Waals surface area (Å²) in [6, 6.07) is 24.0. The number of nitrogens with one attached hydrogen (secondary N) is 1. The summed E-state index contributed by atoms with van der Waals surface area (Å²) >= 11 is 8.19. The maximum Gasteiger partial charge on any atom is 0.264 e. The summed E-state index contributed by atoms with van der Waals surface area (Å²) in [5, 5.41) is 5.26. The standard InChI is InChI=1S/C23H16Br2N2O2S/c24-18-10-11-21(19(25)12-18)29-13-22(28)27-23-26-20(14-30-23)17-8-6-16(7-9-17)15-4-2-1-3-5-15/h1-12,14H,13H2,(H,26,27,28). The predicted octanol–water partition coefficient (Wildman–Crippen LogP) is 7.02. The van der Waals surface area contributed by atoms with Crippen molar-refractivity contribution in [3.05, 3.63) is 87.1 Å². The third-order valence-electron chi connectivity index (χ3n) is 4.29. The zero-order chi connectivity index (χ0) is 20.9. The number of hydrogen-bond acceptors (Lipinski definition) is 4. The Morgan fingerprint density at radius 1 is 0.933 bits per heavy atom. The van der Waals surface area contributed by atoms with Gasteiger partial charge in [-0.2, -0.15) is 0 Å².